The summed E-state index contributed by atoms with van der Waals surface area (Å²) in [5.74, 6) is 0.730. The van der Waals surface area contributed by atoms with Crippen molar-refractivity contribution in [1.29, 1.82) is 0 Å². The fraction of sp³-hybridized carbons (Fsp3) is 0.231. The van der Waals surface area contributed by atoms with Crippen molar-refractivity contribution in [3.8, 4) is 11.5 Å². The number of ether oxygens (including phenoxy) is 2. The van der Waals surface area contributed by atoms with Gasteiger partial charge in [-0.15, -0.1) is 6.58 Å². The molecule has 5 nitrogen and oxygen atoms in total. The fourth-order valence-electron chi connectivity index (χ4n) is 1.55. The molecule has 0 radical (unpaired) electrons. The molecule has 0 fully saturated rings. The number of hydrogen-bond donors (Lipinski definition) is 1. The summed E-state index contributed by atoms with van der Waals surface area (Å²) in [5.41, 5.74) is 0.554. The van der Waals surface area contributed by atoms with Crippen LogP contribution < -0.4 is 14.8 Å². The minimum Gasteiger partial charge on any atom is -0.485 e. The Hall–Kier alpha value is -2.30. The Labute approximate surface area is 104 Å². The molecule has 0 aromatic heterocycles. The quantitative estimate of drug-likeness (QED) is 0.786. The zero-order valence-corrected chi connectivity index (χ0v) is 9.77. The average molecular weight is 247 g/mol. The van der Waals surface area contributed by atoms with Gasteiger partial charge < -0.3 is 14.8 Å². The van der Waals surface area contributed by atoms with Crippen LogP contribution in [0.25, 0.3) is 0 Å². The van der Waals surface area contributed by atoms with E-state index in [-0.39, 0.29) is 24.9 Å². The Kier molecular flexibility index (Phi) is 3.62. The van der Waals surface area contributed by atoms with E-state index in [1.54, 1.807) is 24.3 Å². The number of carbonyl (C=O) groups is 2. The number of carbonyl (C=O) groups excluding carboxylic acids is 2. The second-order valence-electron chi connectivity index (χ2n) is 3.75. The molecule has 1 aromatic carbocycles. The lowest BCUT2D eigenvalue weighted by Gasteiger charge is -2.07. The van der Waals surface area contributed by atoms with Gasteiger partial charge in [0.1, 0.15) is 11.5 Å². The van der Waals surface area contributed by atoms with Crippen molar-refractivity contribution in [1.82, 2.24) is 5.32 Å². The highest BCUT2D eigenvalue weighted by Crippen LogP contribution is 2.29. The Bertz CT molecular complexity index is 496. The van der Waals surface area contributed by atoms with Gasteiger partial charge in [0.25, 0.3) is 5.91 Å². The summed E-state index contributed by atoms with van der Waals surface area (Å²) in [6.45, 7) is 3.89. The van der Waals surface area contributed by atoms with Crippen LogP contribution in [0.4, 0.5) is 0 Å². The predicted molar refractivity (Wildman–Crippen MR) is 65.0 cm³/mol. The van der Waals surface area contributed by atoms with Crippen molar-refractivity contribution in [2.75, 3.05) is 19.8 Å². The zero-order valence-electron chi connectivity index (χ0n) is 9.77. The Morgan fingerprint density at radius 1 is 1.56 bits per heavy atom. The van der Waals surface area contributed by atoms with Crippen LogP contribution in [0.2, 0.25) is 0 Å². The lowest BCUT2D eigenvalue weighted by atomic mass is 10.1. The van der Waals surface area contributed by atoms with E-state index in [0.29, 0.717) is 23.6 Å². The monoisotopic (exact) mass is 247 g/mol. The molecule has 94 valence electrons. The van der Waals surface area contributed by atoms with Gasteiger partial charge >= 0.3 is 0 Å². The zero-order chi connectivity index (χ0) is 13.0. The van der Waals surface area contributed by atoms with Crippen LogP contribution in [0.3, 0.4) is 0 Å². The highest BCUT2D eigenvalue weighted by Gasteiger charge is 2.21. The number of hydrogen-bond acceptors (Lipinski definition) is 4. The molecule has 0 atom stereocenters. The van der Waals surface area contributed by atoms with Gasteiger partial charge in [0.15, 0.2) is 13.2 Å². The third-order valence-electron chi connectivity index (χ3n) is 2.43. The summed E-state index contributed by atoms with van der Waals surface area (Å²) in [4.78, 5) is 22.6. The molecule has 18 heavy (non-hydrogen) atoms. The van der Waals surface area contributed by atoms with Crippen LogP contribution in [0.15, 0.2) is 30.9 Å². The van der Waals surface area contributed by atoms with Gasteiger partial charge in [-0.05, 0) is 12.1 Å². The van der Waals surface area contributed by atoms with Crippen LogP contribution in [0.5, 0.6) is 11.5 Å². The van der Waals surface area contributed by atoms with E-state index in [1.807, 2.05) is 0 Å². The van der Waals surface area contributed by atoms with Crippen molar-refractivity contribution in [3.63, 3.8) is 0 Å². The van der Waals surface area contributed by atoms with Crippen molar-refractivity contribution >= 4 is 11.7 Å². The van der Waals surface area contributed by atoms with E-state index in [4.69, 9.17) is 9.47 Å². The first-order valence-corrected chi connectivity index (χ1v) is 5.51. The average Bonchev–Trinajstić information content (AvgIpc) is 2.75. The largest absolute Gasteiger partial charge is 0.485 e. The summed E-state index contributed by atoms with van der Waals surface area (Å²) in [6.07, 6.45) is 1.59. The number of rotatable bonds is 5. The summed E-state index contributed by atoms with van der Waals surface area (Å²) >= 11 is 0. The molecule has 1 amide bonds. The molecule has 5 heteroatoms. The van der Waals surface area contributed by atoms with Gasteiger partial charge in [-0.2, -0.15) is 0 Å². The smallest absolute Gasteiger partial charge is 0.258 e. The number of amides is 1. The maximum Gasteiger partial charge on any atom is 0.258 e. The number of nitrogens with one attached hydrogen (secondary N) is 1. The summed E-state index contributed by atoms with van der Waals surface area (Å²) < 4.78 is 10.5. The highest BCUT2D eigenvalue weighted by molar-refractivity contribution is 6.02. The number of fused-ring (bicyclic) bond motifs is 1. The van der Waals surface area contributed by atoms with E-state index < -0.39 is 0 Å². The molecular weight excluding hydrogens is 234 g/mol. The standard InChI is InChI=1S/C13H13NO4/c1-2-5-14-13(16)8-17-9-3-4-10-11(15)7-18-12(10)6-9/h2-4,6H,1,5,7-8H2,(H,14,16). The van der Waals surface area contributed by atoms with Crippen LogP contribution in [-0.2, 0) is 4.79 Å². The molecule has 0 aliphatic carbocycles. The normalized spacial score (nSPS) is 12.6. The Morgan fingerprint density at radius 2 is 2.39 bits per heavy atom. The molecule has 1 aliphatic rings. The number of Topliss-reactive ketones (excluding diaryl/α,β-unsaturated/α-hetero) is 1. The van der Waals surface area contributed by atoms with Crippen molar-refractivity contribution < 1.29 is 19.1 Å². The molecular formula is C13H13NO4. The molecule has 1 heterocycles. The van der Waals surface area contributed by atoms with Crippen molar-refractivity contribution in [2.24, 2.45) is 0 Å². The second kappa shape index (κ2) is 5.35. The number of benzene rings is 1. The lowest BCUT2D eigenvalue weighted by molar-refractivity contribution is -0.122. The number of ketones is 1. The van der Waals surface area contributed by atoms with Crippen LogP contribution in [-0.4, -0.2) is 31.4 Å². The van der Waals surface area contributed by atoms with Crippen molar-refractivity contribution in [2.45, 2.75) is 0 Å². The first-order chi connectivity index (χ1) is 8.70. The fourth-order valence-corrected chi connectivity index (χ4v) is 1.55. The predicted octanol–water partition coefficient (Wildman–Crippen LogP) is 0.943. The van der Waals surface area contributed by atoms with E-state index in [2.05, 4.69) is 11.9 Å². The molecule has 0 unspecified atom stereocenters. The molecule has 1 aromatic rings. The Balaban J connectivity index is 1.93. The minimum atomic E-state index is -0.229. The van der Waals surface area contributed by atoms with Gasteiger partial charge in [0.2, 0.25) is 5.78 Å². The van der Waals surface area contributed by atoms with Gasteiger partial charge in [-0.25, -0.2) is 0 Å². The van der Waals surface area contributed by atoms with Gasteiger partial charge in [0, 0.05) is 12.6 Å². The highest BCUT2D eigenvalue weighted by atomic mass is 16.5. The first kappa shape index (κ1) is 12.2. The van der Waals surface area contributed by atoms with Crippen LogP contribution >= 0.6 is 0 Å². The van der Waals surface area contributed by atoms with Crippen molar-refractivity contribution in [3.05, 3.63) is 36.4 Å². The van der Waals surface area contributed by atoms with Crippen LogP contribution in [0.1, 0.15) is 10.4 Å². The van der Waals surface area contributed by atoms with E-state index >= 15 is 0 Å². The maximum absolute atomic E-state index is 11.3. The van der Waals surface area contributed by atoms with Gasteiger partial charge in [-0.3, -0.25) is 9.59 Å². The molecule has 0 saturated heterocycles. The molecule has 2 rings (SSSR count). The SMILES string of the molecule is C=CCNC(=O)COc1ccc2c(c1)OCC2=O. The minimum absolute atomic E-state index is 0.0414. The van der Waals surface area contributed by atoms with E-state index in [0.717, 1.165) is 0 Å². The first-order valence-electron chi connectivity index (χ1n) is 5.51. The second-order valence-corrected chi connectivity index (χ2v) is 3.75. The molecule has 0 saturated carbocycles. The third kappa shape index (κ3) is 2.68. The summed E-state index contributed by atoms with van der Waals surface area (Å²) in [5, 5.41) is 2.59. The molecule has 1 N–H and O–H groups in total. The van der Waals surface area contributed by atoms with E-state index in [1.165, 1.54) is 0 Å². The van der Waals surface area contributed by atoms with Gasteiger partial charge in [0.05, 0.1) is 5.56 Å². The van der Waals surface area contributed by atoms with Crippen LogP contribution in [0, 0.1) is 0 Å². The molecule has 0 spiro atoms. The molecule has 1 aliphatic heterocycles. The summed E-state index contributed by atoms with van der Waals surface area (Å²) in [7, 11) is 0. The lowest BCUT2D eigenvalue weighted by Crippen LogP contribution is -2.28. The Morgan fingerprint density at radius 3 is 3.17 bits per heavy atom. The topological polar surface area (TPSA) is 64.6 Å². The third-order valence-corrected chi connectivity index (χ3v) is 2.43. The van der Waals surface area contributed by atoms with Gasteiger partial charge in [-0.1, -0.05) is 6.08 Å². The maximum atomic E-state index is 11.3. The van der Waals surface area contributed by atoms with E-state index in [9.17, 15) is 9.59 Å². The molecule has 0 bridgehead atoms. The summed E-state index contributed by atoms with van der Waals surface area (Å²) in [6, 6.07) is 4.90.